The predicted octanol–water partition coefficient (Wildman–Crippen LogP) is 5.69. The molecule has 10 heteroatoms. The molecule has 1 saturated heterocycles. The zero-order chi connectivity index (χ0) is 24.8. The van der Waals surface area contributed by atoms with Gasteiger partial charge in [-0.05, 0) is 76.7 Å². The number of nitrogens with two attached hydrogens (primary N) is 1. The van der Waals surface area contributed by atoms with E-state index in [1.54, 1.807) is 6.92 Å². The number of nitrogens with zero attached hydrogens (tertiary/aromatic N) is 3. The average molecular weight is 492 g/mol. The summed E-state index contributed by atoms with van der Waals surface area (Å²) < 4.78 is 40.6. The second kappa shape index (κ2) is 8.81. The van der Waals surface area contributed by atoms with Crippen LogP contribution in [0.15, 0.2) is 24.3 Å². The summed E-state index contributed by atoms with van der Waals surface area (Å²) in [4.78, 5) is 16.3. The van der Waals surface area contributed by atoms with Gasteiger partial charge in [0.05, 0.1) is 26.9 Å². The molecular formula is C24H28F3N5OS. The molecule has 182 valence electrons. The molecule has 4 rings (SSSR count). The predicted molar refractivity (Wildman–Crippen MR) is 129 cm³/mol. The minimum absolute atomic E-state index is 0.0356. The van der Waals surface area contributed by atoms with E-state index in [2.05, 4.69) is 27.5 Å². The molecule has 3 aromatic rings. The maximum Gasteiger partial charge on any atom is 0.416 e. The molecule has 1 aromatic carbocycles. The van der Waals surface area contributed by atoms with Crippen molar-refractivity contribution in [1.82, 2.24) is 15.1 Å². The van der Waals surface area contributed by atoms with Gasteiger partial charge in [-0.1, -0.05) is 6.92 Å². The Balaban J connectivity index is 1.66. The largest absolute Gasteiger partial charge is 0.416 e. The van der Waals surface area contributed by atoms with Crippen LogP contribution in [0.4, 0.5) is 24.7 Å². The van der Waals surface area contributed by atoms with Gasteiger partial charge >= 0.3 is 6.18 Å². The molecule has 3 N–H and O–H groups in total. The molecule has 1 aliphatic heterocycles. The third-order valence-electron chi connectivity index (χ3n) is 6.64. The van der Waals surface area contributed by atoms with Crippen molar-refractivity contribution in [3.05, 3.63) is 46.0 Å². The summed E-state index contributed by atoms with van der Waals surface area (Å²) in [5.74, 6) is 0.541. The number of piperidine rings is 1. The van der Waals surface area contributed by atoms with E-state index in [0.29, 0.717) is 22.0 Å². The number of aryl methyl sites for hydroxylation is 1. The minimum Gasteiger partial charge on any atom is -0.399 e. The van der Waals surface area contributed by atoms with Crippen molar-refractivity contribution in [3.63, 3.8) is 0 Å². The van der Waals surface area contributed by atoms with Gasteiger partial charge in [-0.15, -0.1) is 16.4 Å². The topological polar surface area (TPSA) is 84.1 Å². The first-order valence-corrected chi connectivity index (χ1v) is 11.9. The van der Waals surface area contributed by atoms with E-state index in [1.165, 1.54) is 17.4 Å². The van der Waals surface area contributed by atoms with Crippen molar-refractivity contribution in [2.45, 2.75) is 45.8 Å². The first-order chi connectivity index (χ1) is 15.9. The van der Waals surface area contributed by atoms with Crippen LogP contribution in [0, 0.1) is 12.3 Å². The van der Waals surface area contributed by atoms with Gasteiger partial charge in [0.2, 0.25) is 0 Å². The molecule has 1 fully saturated rings. The normalized spacial score (nSPS) is 17.6. The van der Waals surface area contributed by atoms with Gasteiger partial charge in [0.1, 0.15) is 0 Å². The Morgan fingerprint density at radius 3 is 2.53 bits per heavy atom. The number of thiophene rings is 1. The Labute approximate surface area is 200 Å². The highest BCUT2D eigenvalue weighted by Gasteiger charge is 2.37. The van der Waals surface area contributed by atoms with Crippen molar-refractivity contribution >= 4 is 38.7 Å². The zero-order valence-electron chi connectivity index (χ0n) is 19.6. The number of rotatable bonds is 5. The molecule has 34 heavy (non-hydrogen) atoms. The van der Waals surface area contributed by atoms with Crippen molar-refractivity contribution in [1.29, 1.82) is 0 Å². The van der Waals surface area contributed by atoms with Crippen molar-refractivity contribution in [2.75, 3.05) is 31.2 Å². The molecule has 0 amide bonds. The summed E-state index contributed by atoms with van der Waals surface area (Å²) in [5.41, 5.74) is 5.63. The van der Waals surface area contributed by atoms with Gasteiger partial charge in [-0.25, -0.2) is 0 Å². The van der Waals surface area contributed by atoms with Gasteiger partial charge in [-0.3, -0.25) is 4.79 Å². The summed E-state index contributed by atoms with van der Waals surface area (Å²) in [6, 6.07) is 4.82. The van der Waals surface area contributed by atoms with Crippen molar-refractivity contribution in [2.24, 2.45) is 5.41 Å². The van der Waals surface area contributed by atoms with Crippen molar-refractivity contribution in [3.8, 4) is 0 Å². The highest BCUT2D eigenvalue weighted by molar-refractivity contribution is 7.21. The highest BCUT2D eigenvalue weighted by Crippen LogP contribution is 2.40. The third-order valence-corrected chi connectivity index (χ3v) is 7.88. The third kappa shape index (κ3) is 4.74. The molecule has 6 nitrogen and oxygen atoms in total. The number of carbonyl (C=O) groups excluding carboxylic acids is 1. The van der Waals surface area contributed by atoms with Gasteiger partial charge in [0.25, 0.3) is 0 Å². The first kappa shape index (κ1) is 24.4. The lowest BCUT2D eigenvalue weighted by atomic mass is 9.76. The molecule has 1 atom stereocenters. The number of Topliss-reactive ketones (excluding diaryl/α,β-unsaturated/α-hetero) is 1. The standard InChI is InChI=1S/C24H28F3N5OS/c1-13(15-9-16(24(25,26)27)11-17(28)10-15)29-22-18-12-19(34-20(18)14(2)30-31-22)21(33)23(3)5-7-32(4)8-6-23/h9-13H,5-8,28H2,1-4H3,(H,29,31)/t13-/m1/s1. The van der Waals surface area contributed by atoms with Gasteiger partial charge in [0.15, 0.2) is 11.6 Å². The number of hydrogen-bond donors (Lipinski definition) is 2. The number of nitrogens with one attached hydrogen (secondary N) is 1. The molecule has 0 saturated carbocycles. The van der Waals surface area contributed by atoms with Gasteiger partial charge < -0.3 is 16.0 Å². The number of ketones is 1. The molecule has 0 unspecified atom stereocenters. The van der Waals surface area contributed by atoms with E-state index in [9.17, 15) is 18.0 Å². The number of nitrogen functional groups attached to an aromatic ring is 1. The second-order valence-electron chi connectivity index (χ2n) is 9.43. The number of alkyl halides is 3. The van der Waals surface area contributed by atoms with Crippen LogP contribution in [0.1, 0.15) is 59.2 Å². The average Bonchev–Trinajstić information content (AvgIpc) is 3.23. The Morgan fingerprint density at radius 1 is 1.21 bits per heavy atom. The summed E-state index contributed by atoms with van der Waals surface area (Å²) >= 11 is 1.40. The van der Waals surface area contributed by atoms with Crippen LogP contribution < -0.4 is 11.1 Å². The number of fused-ring (bicyclic) bond motifs is 1. The lowest BCUT2D eigenvalue weighted by Gasteiger charge is -2.36. The molecule has 3 heterocycles. The van der Waals surface area contributed by atoms with E-state index in [0.717, 1.165) is 48.2 Å². The highest BCUT2D eigenvalue weighted by atomic mass is 32.1. The minimum atomic E-state index is -4.49. The number of benzene rings is 1. The van der Waals surface area contributed by atoms with E-state index in [4.69, 9.17) is 5.73 Å². The van der Waals surface area contributed by atoms with E-state index in [-0.39, 0.29) is 11.5 Å². The maximum absolute atomic E-state index is 13.4. The lowest BCUT2D eigenvalue weighted by molar-refractivity contribution is -0.137. The zero-order valence-corrected chi connectivity index (χ0v) is 20.4. The number of aromatic nitrogens is 2. The van der Waals surface area contributed by atoms with Crippen LogP contribution in [-0.2, 0) is 6.18 Å². The Morgan fingerprint density at radius 2 is 1.88 bits per heavy atom. The second-order valence-corrected chi connectivity index (χ2v) is 10.5. The van der Waals surface area contributed by atoms with Crippen LogP contribution in [0.5, 0.6) is 0 Å². The van der Waals surface area contributed by atoms with Gasteiger partial charge in [-0.2, -0.15) is 18.3 Å². The Hall–Kier alpha value is -2.72. The number of anilines is 2. The number of carbonyl (C=O) groups is 1. The molecule has 0 aliphatic carbocycles. The van der Waals surface area contributed by atoms with Crippen LogP contribution in [0.3, 0.4) is 0 Å². The van der Waals surface area contributed by atoms with Crippen molar-refractivity contribution < 1.29 is 18.0 Å². The SMILES string of the molecule is Cc1nnc(N[C@H](C)c2cc(N)cc(C(F)(F)F)c2)c2cc(C(=O)C3(C)CCN(C)CC3)sc12. The fourth-order valence-electron chi connectivity index (χ4n) is 4.29. The van der Waals surface area contributed by atoms with Crippen LogP contribution in [-0.4, -0.2) is 41.0 Å². The van der Waals surface area contributed by atoms with E-state index < -0.39 is 23.2 Å². The van der Waals surface area contributed by atoms with Crippen LogP contribution in [0.2, 0.25) is 0 Å². The quantitative estimate of drug-likeness (QED) is 0.352. The monoisotopic (exact) mass is 491 g/mol. The number of likely N-dealkylation sites (tertiary alicyclic amines) is 1. The van der Waals surface area contributed by atoms with E-state index >= 15 is 0 Å². The van der Waals surface area contributed by atoms with Crippen LogP contribution in [0.25, 0.3) is 10.1 Å². The summed E-state index contributed by atoms with van der Waals surface area (Å²) in [5, 5.41) is 12.4. The Bertz CT molecular complexity index is 1230. The van der Waals surface area contributed by atoms with E-state index in [1.807, 2.05) is 19.9 Å². The Kier molecular flexibility index (Phi) is 6.32. The fraction of sp³-hybridized carbons (Fsp3) is 0.458. The molecular weight excluding hydrogens is 463 g/mol. The van der Waals surface area contributed by atoms with Crippen LogP contribution >= 0.6 is 11.3 Å². The molecule has 0 spiro atoms. The molecule has 0 radical (unpaired) electrons. The summed E-state index contributed by atoms with van der Waals surface area (Å²) in [6.45, 7) is 7.34. The lowest BCUT2D eigenvalue weighted by Crippen LogP contribution is -2.40. The maximum atomic E-state index is 13.4. The molecule has 0 bridgehead atoms. The first-order valence-electron chi connectivity index (χ1n) is 11.1. The number of hydrogen-bond acceptors (Lipinski definition) is 7. The molecule has 1 aliphatic rings. The molecule has 2 aromatic heterocycles. The number of halogens is 3. The smallest absolute Gasteiger partial charge is 0.399 e. The summed E-state index contributed by atoms with van der Waals surface area (Å²) in [7, 11) is 2.06. The fourth-order valence-corrected chi connectivity index (χ4v) is 5.48. The summed E-state index contributed by atoms with van der Waals surface area (Å²) in [6.07, 6.45) is -2.90. The van der Waals surface area contributed by atoms with Gasteiger partial charge in [0, 0.05) is 16.5 Å².